The van der Waals surface area contributed by atoms with Crippen LogP contribution in [0.25, 0.3) is 11.4 Å². The van der Waals surface area contributed by atoms with Gasteiger partial charge in [0.1, 0.15) is 0 Å². The van der Waals surface area contributed by atoms with Gasteiger partial charge in [-0.2, -0.15) is 4.98 Å². The molecule has 0 spiro atoms. The first-order valence-corrected chi connectivity index (χ1v) is 7.63. The zero-order valence-electron chi connectivity index (χ0n) is 12.2. The summed E-state index contributed by atoms with van der Waals surface area (Å²) in [6, 6.07) is 4.59. The molecule has 0 radical (unpaired) electrons. The minimum atomic E-state index is 0.601. The van der Waals surface area contributed by atoms with Crippen molar-refractivity contribution in [3.05, 3.63) is 24.0 Å². The van der Waals surface area contributed by atoms with Gasteiger partial charge in [-0.15, -0.1) is 5.10 Å². The van der Waals surface area contributed by atoms with Gasteiger partial charge in [0.15, 0.2) is 5.82 Å². The quantitative estimate of drug-likeness (QED) is 0.871. The van der Waals surface area contributed by atoms with Crippen LogP contribution in [-0.2, 0) is 0 Å². The third-order valence-corrected chi connectivity index (χ3v) is 4.53. The van der Waals surface area contributed by atoms with E-state index in [-0.39, 0.29) is 0 Å². The van der Waals surface area contributed by atoms with Crippen LogP contribution >= 0.6 is 0 Å². The van der Waals surface area contributed by atoms with Gasteiger partial charge in [0.25, 0.3) is 0 Å². The highest BCUT2D eigenvalue weighted by molar-refractivity contribution is 5.56. The summed E-state index contributed by atoms with van der Waals surface area (Å²) in [5.41, 5.74) is 2.03. The zero-order chi connectivity index (χ0) is 14.2. The van der Waals surface area contributed by atoms with Crippen LogP contribution in [0.4, 0.5) is 5.95 Å². The van der Waals surface area contributed by atoms with Crippen LogP contribution in [0.15, 0.2) is 18.3 Å². The fourth-order valence-electron chi connectivity index (χ4n) is 3.43. The predicted molar refractivity (Wildman–Crippen MR) is 81.1 cm³/mol. The first-order chi connectivity index (χ1) is 10.3. The van der Waals surface area contributed by atoms with Crippen molar-refractivity contribution in [2.24, 2.45) is 5.92 Å². The van der Waals surface area contributed by atoms with Crippen molar-refractivity contribution in [3.8, 4) is 11.4 Å². The fourth-order valence-corrected chi connectivity index (χ4v) is 3.43. The normalized spacial score (nSPS) is 25.1. The Kier molecular flexibility index (Phi) is 3.11. The van der Waals surface area contributed by atoms with Gasteiger partial charge in [-0.05, 0) is 44.4 Å². The molecule has 0 bridgehead atoms. The van der Waals surface area contributed by atoms with Gasteiger partial charge in [-0.3, -0.25) is 10.1 Å². The third-order valence-electron chi connectivity index (χ3n) is 4.53. The second kappa shape index (κ2) is 5.11. The van der Waals surface area contributed by atoms with E-state index in [0.29, 0.717) is 6.04 Å². The molecule has 0 aliphatic carbocycles. The molecular weight excluding hydrogens is 264 g/mol. The Hall–Kier alpha value is -1.95. The molecule has 2 saturated heterocycles. The summed E-state index contributed by atoms with van der Waals surface area (Å²) in [6.07, 6.45) is 4.40. The summed E-state index contributed by atoms with van der Waals surface area (Å²) in [4.78, 5) is 11.2. The number of aromatic nitrogens is 4. The maximum absolute atomic E-state index is 4.67. The van der Waals surface area contributed by atoms with E-state index in [4.69, 9.17) is 0 Å². The third kappa shape index (κ3) is 2.40. The lowest BCUT2D eigenvalue weighted by Crippen LogP contribution is -2.40. The molecule has 4 heterocycles. The van der Waals surface area contributed by atoms with Gasteiger partial charge in [-0.1, -0.05) is 0 Å². The zero-order valence-corrected chi connectivity index (χ0v) is 12.2. The molecule has 4 rings (SSSR count). The summed E-state index contributed by atoms with van der Waals surface area (Å²) in [5.74, 6) is 2.37. The fraction of sp³-hybridized carbons (Fsp3) is 0.533. The van der Waals surface area contributed by atoms with Crippen LogP contribution in [0, 0.1) is 12.8 Å². The molecule has 0 aromatic carbocycles. The molecule has 110 valence electrons. The van der Waals surface area contributed by atoms with Crippen LogP contribution in [0.2, 0.25) is 0 Å². The molecule has 21 heavy (non-hydrogen) atoms. The summed E-state index contributed by atoms with van der Waals surface area (Å²) in [7, 11) is 0. The van der Waals surface area contributed by atoms with Crippen molar-refractivity contribution >= 4 is 5.95 Å². The van der Waals surface area contributed by atoms with Gasteiger partial charge in [0.2, 0.25) is 5.95 Å². The monoisotopic (exact) mass is 284 g/mol. The molecular formula is C15H20N6. The van der Waals surface area contributed by atoms with E-state index in [1.807, 2.05) is 19.1 Å². The largest absolute Gasteiger partial charge is 0.338 e. The molecule has 2 aromatic heterocycles. The van der Waals surface area contributed by atoms with Crippen LogP contribution in [0.5, 0.6) is 0 Å². The second-order valence-electron chi connectivity index (χ2n) is 6.04. The average Bonchev–Trinajstić information content (AvgIpc) is 3.14. The molecule has 2 fully saturated rings. The summed E-state index contributed by atoms with van der Waals surface area (Å²) in [5, 5.41) is 11.1. The van der Waals surface area contributed by atoms with Crippen molar-refractivity contribution in [3.63, 3.8) is 0 Å². The van der Waals surface area contributed by atoms with Crippen LogP contribution < -0.4 is 10.2 Å². The Labute approximate surface area is 124 Å². The molecule has 2 aromatic rings. The Morgan fingerprint density at radius 3 is 3.14 bits per heavy atom. The smallest absolute Gasteiger partial charge is 0.245 e. The lowest BCUT2D eigenvalue weighted by Gasteiger charge is -2.24. The highest BCUT2D eigenvalue weighted by Gasteiger charge is 2.35. The molecule has 2 atom stereocenters. The number of aromatic amines is 1. The molecule has 2 unspecified atom stereocenters. The Balaban J connectivity index is 1.55. The number of anilines is 1. The SMILES string of the molecule is Cc1cc(-c2nc(N3CC4CCCNC4C3)n[nH]2)ccn1. The van der Waals surface area contributed by atoms with Crippen molar-refractivity contribution in [1.29, 1.82) is 0 Å². The van der Waals surface area contributed by atoms with Crippen molar-refractivity contribution in [2.75, 3.05) is 24.5 Å². The average molecular weight is 284 g/mol. The molecule has 2 aliphatic heterocycles. The predicted octanol–water partition coefficient (Wildman–Crippen LogP) is 1.36. The standard InChI is InChI=1S/C15H20N6/c1-10-7-11(4-6-16-10)14-18-15(20-19-14)21-8-12-3-2-5-17-13(12)9-21/h4,6-7,12-13,17H,2-3,5,8-9H2,1H3,(H,18,19,20). The summed E-state index contributed by atoms with van der Waals surface area (Å²) >= 11 is 0. The maximum atomic E-state index is 4.67. The minimum absolute atomic E-state index is 0.601. The van der Waals surface area contributed by atoms with E-state index >= 15 is 0 Å². The highest BCUT2D eigenvalue weighted by atomic mass is 15.4. The van der Waals surface area contributed by atoms with Crippen LogP contribution in [0.3, 0.4) is 0 Å². The first-order valence-electron chi connectivity index (χ1n) is 7.63. The van der Waals surface area contributed by atoms with E-state index < -0.39 is 0 Å². The van der Waals surface area contributed by atoms with Gasteiger partial charge < -0.3 is 10.2 Å². The number of hydrogen-bond donors (Lipinski definition) is 2. The van der Waals surface area contributed by atoms with Crippen LogP contribution in [-0.4, -0.2) is 45.8 Å². The lowest BCUT2D eigenvalue weighted by molar-refractivity contribution is 0.340. The maximum Gasteiger partial charge on any atom is 0.245 e. The Morgan fingerprint density at radius 2 is 2.29 bits per heavy atom. The van der Waals surface area contributed by atoms with E-state index in [1.54, 1.807) is 6.20 Å². The van der Waals surface area contributed by atoms with E-state index in [9.17, 15) is 0 Å². The number of rotatable bonds is 2. The summed E-state index contributed by atoms with van der Waals surface area (Å²) < 4.78 is 0. The minimum Gasteiger partial charge on any atom is -0.338 e. The topological polar surface area (TPSA) is 69.7 Å². The van der Waals surface area contributed by atoms with E-state index in [0.717, 1.165) is 48.6 Å². The van der Waals surface area contributed by atoms with Crippen molar-refractivity contribution < 1.29 is 0 Å². The van der Waals surface area contributed by atoms with E-state index in [1.165, 1.54) is 12.8 Å². The van der Waals surface area contributed by atoms with Crippen molar-refractivity contribution in [2.45, 2.75) is 25.8 Å². The van der Waals surface area contributed by atoms with E-state index in [2.05, 4.69) is 30.4 Å². The number of hydrogen-bond acceptors (Lipinski definition) is 5. The molecule has 6 heteroatoms. The number of H-pyrrole nitrogens is 1. The number of aryl methyl sites for hydroxylation is 1. The number of nitrogens with zero attached hydrogens (tertiary/aromatic N) is 4. The van der Waals surface area contributed by atoms with Gasteiger partial charge in [0, 0.05) is 36.6 Å². The highest BCUT2D eigenvalue weighted by Crippen LogP contribution is 2.28. The lowest BCUT2D eigenvalue weighted by atomic mass is 9.94. The van der Waals surface area contributed by atoms with Crippen LogP contribution in [0.1, 0.15) is 18.5 Å². The van der Waals surface area contributed by atoms with Gasteiger partial charge in [0.05, 0.1) is 0 Å². The number of nitrogens with one attached hydrogen (secondary N) is 2. The van der Waals surface area contributed by atoms with Crippen molar-refractivity contribution in [1.82, 2.24) is 25.5 Å². The first kappa shape index (κ1) is 12.8. The molecule has 0 amide bonds. The Bertz CT molecular complexity index is 623. The molecule has 2 aliphatic rings. The summed E-state index contributed by atoms with van der Waals surface area (Å²) in [6.45, 7) is 5.20. The number of pyridine rings is 1. The number of piperidine rings is 1. The van der Waals surface area contributed by atoms with Gasteiger partial charge in [-0.25, -0.2) is 0 Å². The number of fused-ring (bicyclic) bond motifs is 1. The molecule has 6 nitrogen and oxygen atoms in total. The Morgan fingerprint density at radius 1 is 1.33 bits per heavy atom. The second-order valence-corrected chi connectivity index (χ2v) is 6.04. The molecule has 2 N–H and O–H groups in total. The van der Waals surface area contributed by atoms with Gasteiger partial charge >= 0.3 is 0 Å². The molecule has 0 saturated carbocycles.